The summed E-state index contributed by atoms with van der Waals surface area (Å²) in [5.74, 6) is -0.231. The minimum Gasteiger partial charge on any atom is -0.269 e. The van der Waals surface area contributed by atoms with Crippen molar-refractivity contribution >= 4 is 22.9 Å². The van der Waals surface area contributed by atoms with E-state index in [1.165, 1.54) is 4.90 Å². The van der Waals surface area contributed by atoms with Gasteiger partial charge < -0.3 is 0 Å². The second-order valence-corrected chi connectivity index (χ2v) is 4.41. The second-order valence-electron chi connectivity index (χ2n) is 3.41. The Morgan fingerprint density at radius 3 is 2.61 bits per heavy atom. The molecule has 0 aliphatic carbocycles. The molecule has 0 spiro atoms. The lowest BCUT2D eigenvalue weighted by atomic mass is 10.2. The summed E-state index contributed by atoms with van der Waals surface area (Å²) in [5.41, 5.74) is 0.885. The number of rotatable bonds is 5. The molecule has 0 saturated carbocycles. The zero-order valence-corrected chi connectivity index (χ0v) is 11.1. The first-order valence-electron chi connectivity index (χ1n) is 5.51. The van der Waals surface area contributed by atoms with Crippen molar-refractivity contribution in [1.29, 1.82) is 0 Å². The summed E-state index contributed by atoms with van der Waals surface area (Å²) in [6.07, 6.45) is 10.3. The van der Waals surface area contributed by atoms with Gasteiger partial charge in [-0.25, -0.2) is 0 Å². The van der Waals surface area contributed by atoms with E-state index < -0.39 is 0 Å². The van der Waals surface area contributed by atoms with Crippen molar-refractivity contribution in [1.82, 2.24) is 4.90 Å². The number of likely N-dealkylation sites (N-methyl/N-ethyl adjacent to an activating group) is 1. The van der Waals surface area contributed by atoms with E-state index in [4.69, 9.17) is 0 Å². The van der Waals surface area contributed by atoms with Gasteiger partial charge in [-0.15, -0.1) is 0 Å². The van der Waals surface area contributed by atoms with Gasteiger partial charge in [-0.05, 0) is 30.3 Å². The van der Waals surface area contributed by atoms with Crippen molar-refractivity contribution in [3.05, 3.63) is 60.1 Å². The Hall–Kier alpha value is -1.81. The summed E-state index contributed by atoms with van der Waals surface area (Å²) in [6, 6.07) is 0. The van der Waals surface area contributed by atoms with E-state index in [-0.39, 0.29) is 11.1 Å². The molecule has 1 heterocycles. The lowest BCUT2D eigenvalue weighted by Crippen LogP contribution is -2.27. The molecule has 18 heavy (non-hydrogen) atoms. The maximum absolute atomic E-state index is 11.7. The SMILES string of the molecule is C=C/C=C(C=C)/C=C/C=C1/SC(=O)N(CC)C1=O. The molecule has 0 radical (unpaired) electrons. The summed E-state index contributed by atoms with van der Waals surface area (Å²) >= 11 is 0.961. The number of thioether (sulfide) groups is 1. The molecule has 0 aromatic rings. The van der Waals surface area contributed by atoms with Gasteiger partial charge in [0.15, 0.2) is 0 Å². The average Bonchev–Trinajstić information content (AvgIpc) is 2.63. The highest BCUT2D eigenvalue weighted by Gasteiger charge is 2.33. The smallest absolute Gasteiger partial charge is 0.269 e. The van der Waals surface area contributed by atoms with Crippen LogP contribution in [0.2, 0.25) is 0 Å². The molecule has 0 aromatic carbocycles. The van der Waals surface area contributed by atoms with Crippen molar-refractivity contribution in [2.45, 2.75) is 6.92 Å². The van der Waals surface area contributed by atoms with Gasteiger partial charge >= 0.3 is 0 Å². The Morgan fingerprint density at radius 1 is 1.39 bits per heavy atom. The summed E-state index contributed by atoms with van der Waals surface area (Å²) in [7, 11) is 0. The third kappa shape index (κ3) is 3.34. The van der Waals surface area contributed by atoms with Gasteiger partial charge in [0.25, 0.3) is 11.1 Å². The van der Waals surface area contributed by atoms with Crippen LogP contribution in [0.4, 0.5) is 4.79 Å². The minimum atomic E-state index is -0.231. The number of allylic oxidation sites excluding steroid dienone is 7. The fraction of sp³-hybridized carbons (Fsp3) is 0.143. The molecule has 1 saturated heterocycles. The Balaban J connectivity index is 2.81. The van der Waals surface area contributed by atoms with Crippen LogP contribution in [-0.4, -0.2) is 22.6 Å². The molecule has 1 rings (SSSR count). The van der Waals surface area contributed by atoms with Crippen LogP contribution in [0.3, 0.4) is 0 Å². The molecule has 3 nitrogen and oxygen atoms in total. The average molecular weight is 261 g/mol. The van der Waals surface area contributed by atoms with E-state index >= 15 is 0 Å². The first-order chi connectivity index (χ1) is 8.63. The van der Waals surface area contributed by atoms with Crippen molar-refractivity contribution < 1.29 is 9.59 Å². The van der Waals surface area contributed by atoms with Gasteiger partial charge in [0.05, 0.1) is 4.91 Å². The van der Waals surface area contributed by atoms with E-state index in [2.05, 4.69) is 13.2 Å². The van der Waals surface area contributed by atoms with Crippen LogP contribution < -0.4 is 0 Å². The molecule has 2 amide bonds. The highest BCUT2D eigenvalue weighted by Crippen LogP contribution is 2.30. The van der Waals surface area contributed by atoms with Crippen molar-refractivity contribution in [2.24, 2.45) is 0 Å². The van der Waals surface area contributed by atoms with Crippen molar-refractivity contribution in [2.75, 3.05) is 6.54 Å². The number of imide groups is 1. The van der Waals surface area contributed by atoms with Gasteiger partial charge in [-0.3, -0.25) is 14.5 Å². The fourth-order valence-corrected chi connectivity index (χ4v) is 2.22. The van der Waals surface area contributed by atoms with Crippen LogP contribution in [0.1, 0.15) is 6.92 Å². The van der Waals surface area contributed by atoms with E-state index in [0.717, 1.165) is 17.3 Å². The zero-order valence-electron chi connectivity index (χ0n) is 10.3. The summed E-state index contributed by atoms with van der Waals surface area (Å²) < 4.78 is 0. The number of amides is 2. The van der Waals surface area contributed by atoms with Gasteiger partial charge in [-0.1, -0.05) is 43.5 Å². The predicted molar refractivity (Wildman–Crippen MR) is 76.1 cm³/mol. The molecular formula is C14H15NO2S. The predicted octanol–water partition coefficient (Wildman–Crippen LogP) is 3.44. The maximum atomic E-state index is 11.7. The number of nitrogens with zero attached hydrogens (tertiary/aromatic N) is 1. The van der Waals surface area contributed by atoms with Crippen LogP contribution in [-0.2, 0) is 4.79 Å². The molecule has 4 heteroatoms. The van der Waals surface area contributed by atoms with Crippen molar-refractivity contribution in [3.63, 3.8) is 0 Å². The topological polar surface area (TPSA) is 37.4 Å². The van der Waals surface area contributed by atoms with Crippen LogP contribution in [0.15, 0.2) is 60.1 Å². The largest absolute Gasteiger partial charge is 0.293 e. The highest BCUT2D eigenvalue weighted by atomic mass is 32.2. The van der Waals surface area contributed by atoms with E-state index in [1.54, 1.807) is 43.4 Å². The van der Waals surface area contributed by atoms with Crippen molar-refractivity contribution in [3.8, 4) is 0 Å². The maximum Gasteiger partial charge on any atom is 0.293 e. The van der Waals surface area contributed by atoms with Crippen LogP contribution in [0.5, 0.6) is 0 Å². The van der Waals surface area contributed by atoms with Crippen LogP contribution >= 0.6 is 11.8 Å². The van der Waals surface area contributed by atoms with Gasteiger partial charge in [0.2, 0.25) is 0 Å². The molecule has 0 unspecified atom stereocenters. The molecule has 1 fully saturated rings. The molecule has 0 atom stereocenters. The van der Waals surface area contributed by atoms with Gasteiger partial charge in [0, 0.05) is 6.54 Å². The van der Waals surface area contributed by atoms with Gasteiger partial charge in [0.1, 0.15) is 0 Å². The van der Waals surface area contributed by atoms with Crippen LogP contribution in [0.25, 0.3) is 0 Å². The summed E-state index contributed by atoms with van der Waals surface area (Å²) in [4.78, 5) is 24.9. The molecule has 0 aromatic heterocycles. The van der Waals surface area contributed by atoms with Gasteiger partial charge in [-0.2, -0.15) is 0 Å². The summed E-state index contributed by atoms with van der Waals surface area (Å²) in [6.45, 7) is 9.43. The number of hydrogen-bond acceptors (Lipinski definition) is 3. The van der Waals surface area contributed by atoms with Crippen LogP contribution in [0, 0.1) is 0 Å². The first kappa shape index (κ1) is 14.3. The zero-order chi connectivity index (χ0) is 13.5. The molecule has 0 N–H and O–H groups in total. The Bertz CT molecular complexity index is 472. The molecular weight excluding hydrogens is 246 g/mol. The number of carbonyl (C=O) groups is 2. The molecule has 94 valence electrons. The fourth-order valence-electron chi connectivity index (χ4n) is 1.36. The lowest BCUT2D eigenvalue weighted by Gasteiger charge is -2.06. The highest BCUT2D eigenvalue weighted by molar-refractivity contribution is 8.18. The normalized spacial score (nSPS) is 19.1. The first-order valence-corrected chi connectivity index (χ1v) is 6.32. The quantitative estimate of drug-likeness (QED) is 0.562. The number of carbonyl (C=O) groups excluding carboxylic acids is 2. The number of hydrogen-bond donors (Lipinski definition) is 0. The Morgan fingerprint density at radius 2 is 2.11 bits per heavy atom. The molecule has 0 bridgehead atoms. The van der Waals surface area contributed by atoms with E-state index in [1.807, 2.05) is 0 Å². The molecule has 1 aliphatic heterocycles. The lowest BCUT2D eigenvalue weighted by molar-refractivity contribution is -0.122. The third-order valence-electron chi connectivity index (χ3n) is 2.27. The Kier molecular flexibility index (Phi) is 5.39. The minimum absolute atomic E-state index is 0.215. The third-order valence-corrected chi connectivity index (χ3v) is 3.20. The molecule has 1 aliphatic rings. The summed E-state index contributed by atoms with van der Waals surface area (Å²) in [5, 5.41) is -0.215. The Labute approximate surface area is 111 Å². The van der Waals surface area contributed by atoms with E-state index in [0.29, 0.717) is 11.4 Å². The monoisotopic (exact) mass is 261 g/mol. The standard InChI is InChI=1S/C14H15NO2S/c1-4-8-11(5-2)9-7-10-12-13(16)15(6-3)14(17)18-12/h4-5,7-10H,1-2,6H2,3H3/b9-7+,11-8+,12-10+. The van der Waals surface area contributed by atoms with E-state index in [9.17, 15) is 9.59 Å². The second kappa shape index (κ2) is 6.81.